The van der Waals surface area contributed by atoms with E-state index in [1.165, 1.54) is 50.8 Å². The first kappa shape index (κ1) is 17.8. The summed E-state index contributed by atoms with van der Waals surface area (Å²) in [6, 6.07) is 1.54. The normalized spacial score (nSPS) is 31.7. The third-order valence-electron chi connectivity index (χ3n) is 6.29. The molecular weight excluding hydrogens is 398 g/mol. The van der Waals surface area contributed by atoms with Crippen LogP contribution in [0.2, 0.25) is 0 Å². The van der Waals surface area contributed by atoms with Gasteiger partial charge in [-0.15, -0.1) is 0 Å². The minimum Gasteiger partial charge on any atom is -0.347 e. The third-order valence-corrected chi connectivity index (χ3v) is 6.75. The SMILES string of the molecule is O=C(CC12CC3CC(CC(C3)C1)C2)NCC(=O)Nc1cc(Br)c[nH]c1=O. The molecule has 3 N–H and O–H groups in total. The van der Waals surface area contributed by atoms with Crippen LogP contribution in [0.4, 0.5) is 5.69 Å². The maximum Gasteiger partial charge on any atom is 0.271 e. The number of anilines is 1. The molecule has 4 bridgehead atoms. The summed E-state index contributed by atoms with van der Waals surface area (Å²) >= 11 is 3.24. The predicted octanol–water partition coefficient (Wildman–Crippen LogP) is 2.80. The van der Waals surface area contributed by atoms with E-state index in [1.807, 2.05) is 0 Å². The van der Waals surface area contributed by atoms with E-state index in [0.29, 0.717) is 10.9 Å². The standard InChI is InChI=1S/C19H24BrN3O3/c20-14-4-15(18(26)22-9-14)23-17(25)10-21-16(24)8-19-5-11-1-12(6-19)3-13(2-11)7-19/h4,9,11-13H,1-3,5-8,10H2,(H,21,24)(H,22,26)(H,23,25). The lowest BCUT2D eigenvalue weighted by Crippen LogP contribution is -2.48. The Bertz CT molecular complexity index is 753. The molecule has 0 unspecified atom stereocenters. The van der Waals surface area contributed by atoms with Gasteiger partial charge in [0.2, 0.25) is 11.8 Å². The summed E-state index contributed by atoms with van der Waals surface area (Å²) < 4.78 is 0.665. The Labute approximate surface area is 160 Å². The molecule has 0 aliphatic heterocycles. The van der Waals surface area contributed by atoms with Crippen LogP contribution in [-0.4, -0.2) is 23.3 Å². The van der Waals surface area contributed by atoms with Gasteiger partial charge in [0.25, 0.3) is 5.56 Å². The van der Waals surface area contributed by atoms with Crippen molar-refractivity contribution in [1.29, 1.82) is 0 Å². The van der Waals surface area contributed by atoms with E-state index in [1.54, 1.807) is 0 Å². The Balaban J connectivity index is 1.29. The lowest BCUT2D eigenvalue weighted by molar-refractivity contribution is -0.131. The highest BCUT2D eigenvalue weighted by atomic mass is 79.9. The first-order valence-corrected chi connectivity index (χ1v) is 10.1. The Hall–Kier alpha value is -1.63. The van der Waals surface area contributed by atoms with Crippen molar-refractivity contribution in [3.05, 3.63) is 27.1 Å². The van der Waals surface area contributed by atoms with E-state index in [9.17, 15) is 14.4 Å². The van der Waals surface area contributed by atoms with Crippen molar-refractivity contribution in [1.82, 2.24) is 10.3 Å². The molecule has 0 atom stereocenters. The number of carbonyl (C=O) groups is 2. The van der Waals surface area contributed by atoms with Gasteiger partial charge in [0.05, 0.1) is 6.54 Å². The number of amides is 2. The van der Waals surface area contributed by atoms with Crippen molar-refractivity contribution in [3.63, 3.8) is 0 Å². The summed E-state index contributed by atoms with van der Waals surface area (Å²) in [5.74, 6) is 1.97. The van der Waals surface area contributed by atoms with Gasteiger partial charge in [-0.1, -0.05) is 0 Å². The highest BCUT2D eigenvalue weighted by Gasteiger charge is 2.51. The number of hydrogen-bond acceptors (Lipinski definition) is 3. The molecule has 1 aromatic rings. The summed E-state index contributed by atoms with van der Waals surface area (Å²) in [4.78, 5) is 38.7. The molecule has 1 aromatic heterocycles. The summed E-state index contributed by atoms with van der Waals surface area (Å²) in [7, 11) is 0. The minimum atomic E-state index is -0.396. The largest absolute Gasteiger partial charge is 0.347 e. The molecule has 2 amide bonds. The predicted molar refractivity (Wildman–Crippen MR) is 102 cm³/mol. The van der Waals surface area contributed by atoms with Crippen molar-refractivity contribution in [2.24, 2.45) is 23.2 Å². The quantitative estimate of drug-likeness (QED) is 0.682. The summed E-state index contributed by atoms with van der Waals surface area (Å²) in [6.45, 7) is -0.114. The van der Waals surface area contributed by atoms with E-state index in [-0.39, 0.29) is 29.1 Å². The number of aromatic nitrogens is 1. The molecule has 1 heterocycles. The smallest absolute Gasteiger partial charge is 0.271 e. The van der Waals surface area contributed by atoms with Gasteiger partial charge < -0.3 is 15.6 Å². The molecule has 7 heteroatoms. The number of pyridine rings is 1. The number of aromatic amines is 1. The lowest BCUT2D eigenvalue weighted by atomic mass is 9.49. The van der Waals surface area contributed by atoms with Gasteiger partial charge in [-0.05, 0) is 83.7 Å². The second kappa shape index (κ2) is 6.83. The van der Waals surface area contributed by atoms with Crippen LogP contribution in [-0.2, 0) is 9.59 Å². The second-order valence-corrected chi connectivity index (χ2v) is 9.40. The maximum absolute atomic E-state index is 12.4. The summed E-state index contributed by atoms with van der Waals surface area (Å²) in [5.41, 5.74) is -0.0438. The average molecular weight is 422 g/mol. The first-order valence-electron chi connectivity index (χ1n) is 9.36. The van der Waals surface area contributed by atoms with Gasteiger partial charge >= 0.3 is 0 Å². The van der Waals surface area contributed by atoms with E-state index in [2.05, 4.69) is 31.5 Å². The number of nitrogens with one attached hydrogen (secondary N) is 3. The Morgan fingerprint density at radius 1 is 1.12 bits per heavy atom. The van der Waals surface area contributed by atoms with Crippen molar-refractivity contribution in [2.75, 3.05) is 11.9 Å². The van der Waals surface area contributed by atoms with Gasteiger partial charge in [-0.3, -0.25) is 14.4 Å². The van der Waals surface area contributed by atoms with Crippen molar-refractivity contribution < 1.29 is 9.59 Å². The molecule has 26 heavy (non-hydrogen) atoms. The zero-order chi connectivity index (χ0) is 18.3. The number of halogens is 1. The topological polar surface area (TPSA) is 91.1 Å². The van der Waals surface area contributed by atoms with Crippen LogP contribution in [0.3, 0.4) is 0 Å². The summed E-state index contributed by atoms with van der Waals surface area (Å²) in [5, 5.41) is 5.28. The van der Waals surface area contributed by atoms with Gasteiger partial charge in [0, 0.05) is 17.1 Å². The number of carbonyl (C=O) groups excluding carboxylic acids is 2. The van der Waals surface area contributed by atoms with Gasteiger partial charge in [-0.25, -0.2) is 0 Å². The zero-order valence-electron chi connectivity index (χ0n) is 14.6. The molecule has 0 aromatic carbocycles. The molecule has 0 saturated heterocycles. The van der Waals surface area contributed by atoms with Crippen molar-refractivity contribution in [2.45, 2.75) is 44.9 Å². The van der Waals surface area contributed by atoms with Gasteiger partial charge in [0.1, 0.15) is 5.69 Å². The fraction of sp³-hybridized carbons (Fsp3) is 0.632. The molecule has 0 radical (unpaired) electrons. The van der Waals surface area contributed by atoms with E-state index in [0.717, 1.165) is 17.8 Å². The zero-order valence-corrected chi connectivity index (χ0v) is 16.2. The maximum atomic E-state index is 12.4. The molecule has 6 nitrogen and oxygen atoms in total. The fourth-order valence-corrected chi connectivity index (χ4v) is 6.18. The van der Waals surface area contributed by atoms with Crippen LogP contribution < -0.4 is 16.2 Å². The van der Waals surface area contributed by atoms with Crippen molar-refractivity contribution >= 4 is 33.4 Å². The van der Waals surface area contributed by atoms with Crippen LogP contribution in [0.15, 0.2) is 21.5 Å². The average Bonchev–Trinajstić information content (AvgIpc) is 2.55. The number of hydrogen-bond donors (Lipinski definition) is 3. The Kier molecular flexibility index (Phi) is 4.67. The molecule has 0 spiro atoms. The minimum absolute atomic E-state index is 0.0507. The lowest BCUT2D eigenvalue weighted by Gasteiger charge is -2.56. The highest BCUT2D eigenvalue weighted by molar-refractivity contribution is 9.10. The number of rotatable bonds is 5. The molecule has 4 aliphatic carbocycles. The van der Waals surface area contributed by atoms with Crippen LogP contribution in [0.25, 0.3) is 0 Å². The van der Waals surface area contributed by atoms with Crippen molar-refractivity contribution in [3.8, 4) is 0 Å². The van der Waals surface area contributed by atoms with Gasteiger partial charge in [0.15, 0.2) is 0 Å². The Morgan fingerprint density at radius 3 is 2.35 bits per heavy atom. The molecule has 140 valence electrons. The summed E-state index contributed by atoms with van der Waals surface area (Å²) in [6.07, 6.45) is 9.61. The van der Waals surface area contributed by atoms with Crippen LogP contribution in [0.5, 0.6) is 0 Å². The monoisotopic (exact) mass is 421 g/mol. The van der Waals surface area contributed by atoms with E-state index in [4.69, 9.17) is 0 Å². The number of H-pyrrole nitrogens is 1. The van der Waals surface area contributed by atoms with Crippen LogP contribution >= 0.6 is 15.9 Å². The van der Waals surface area contributed by atoms with E-state index >= 15 is 0 Å². The molecular formula is C19H24BrN3O3. The van der Waals surface area contributed by atoms with E-state index < -0.39 is 5.91 Å². The molecule has 5 rings (SSSR count). The highest BCUT2D eigenvalue weighted by Crippen LogP contribution is 2.61. The van der Waals surface area contributed by atoms with Crippen LogP contribution in [0.1, 0.15) is 44.9 Å². The fourth-order valence-electron chi connectivity index (χ4n) is 5.83. The Morgan fingerprint density at radius 2 is 1.73 bits per heavy atom. The molecule has 4 fully saturated rings. The molecule has 4 aliphatic rings. The van der Waals surface area contributed by atoms with Gasteiger partial charge in [-0.2, -0.15) is 0 Å². The van der Waals surface area contributed by atoms with Crippen LogP contribution in [0, 0.1) is 23.2 Å². The first-order chi connectivity index (χ1) is 12.4. The third kappa shape index (κ3) is 3.72. The molecule has 4 saturated carbocycles. The second-order valence-electron chi connectivity index (χ2n) is 8.48.